The molecule has 1 aromatic carbocycles. The van der Waals surface area contributed by atoms with Crippen molar-refractivity contribution < 1.29 is 27.8 Å². The van der Waals surface area contributed by atoms with Gasteiger partial charge in [0.05, 0.1) is 5.75 Å². The van der Waals surface area contributed by atoms with Crippen molar-refractivity contribution in [3.05, 3.63) is 23.8 Å². The maximum atomic E-state index is 11.0. The van der Waals surface area contributed by atoms with E-state index in [0.717, 1.165) is 11.8 Å². The molecule has 1 heterocycles. The summed E-state index contributed by atoms with van der Waals surface area (Å²) in [5.74, 6) is -0.128. The Hall–Kier alpha value is -1.76. The van der Waals surface area contributed by atoms with Gasteiger partial charge in [-0.15, -0.1) is 0 Å². The molecule has 1 N–H and O–H groups in total. The number of carboxylic acids is 1. The Morgan fingerprint density at radius 1 is 1.53 bits per heavy atom. The minimum atomic E-state index is -3.06. The number of benzene rings is 1. The molecule has 0 saturated carbocycles. The number of aliphatic carboxylic acids is 1. The van der Waals surface area contributed by atoms with Crippen LogP contribution >= 0.6 is 0 Å². The monoisotopic (exact) mass is 286 g/mol. The second kappa shape index (κ2) is 5.08. The quantitative estimate of drug-likeness (QED) is 0.847. The molecule has 0 aliphatic carbocycles. The first-order valence-corrected chi connectivity index (χ1v) is 7.74. The molecule has 2 rings (SSSR count). The largest absolute Gasteiger partial charge is 0.492 e. The Kier molecular flexibility index (Phi) is 3.66. The second-order valence-electron chi connectivity index (χ2n) is 4.40. The number of fused-ring (bicyclic) bond motifs is 1. The van der Waals surface area contributed by atoms with Crippen LogP contribution in [0, 0.1) is 0 Å². The molecule has 1 aromatic rings. The third-order valence-corrected chi connectivity index (χ3v) is 3.62. The first-order chi connectivity index (χ1) is 8.85. The molecule has 1 unspecified atom stereocenters. The van der Waals surface area contributed by atoms with Crippen molar-refractivity contribution in [2.45, 2.75) is 12.5 Å². The minimum absolute atomic E-state index is 0.0555. The van der Waals surface area contributed by atoms with Crippen molar-refractivity contribution in [3.8, 4) is 11.5 Å². The molecule has 0 bridgehead atoms. The summed E-state index contributed by atoms with van der Waals surface area (Å²) in [6.45, 7) is 0.0555. The zero-order chi connectivity index (χ0) is 14.0. The molecule has 1 aliphatic rings. The summed E-state index contributed by atoms with van der Waals surface area (Å²) in [5.41, 5.74) is 0.808. The predicted molar refractivity (Wildman–Crippen MR) is 67.4 cm³/mol. The number of ether oxygens (including phenoxy) is 2. The zero-order valence-corrected chi connectivity index (χ0v) is 11.1. The standard InChI is InChI=1S/C12H14O6S/c1-19(15,16)5-4-17-9-3-2-8-6-11(12(13)14)18-10(8)7-9/h2-3,7,11H,4-6H2,1H3,(H,13,14). The van der Waals surface area contributed by atoms with Gasteiger partial charge in [0.25, 0.3) is 0 Å². The fourth-order valence-corrected chi connectivity index (χ4v) is 2.13. The Balaban J connectivity index is 2.00. The highest BCUT2D eigenvalue weighted by atomic mass is 32.2. The van der Waals surface area contributed by atoms with Crippen LogP contribution in [0.5, 0.6) is 11.5 Å². The van der Waals surface area contributed by atoms with Gasteiger partial charge in [0.2, 0.25) is 0 Å². The van der Waals surface area contributed by atoms with Gasteiger partial charge in [-0.05, 0) is 11.6 Å². The average molecular weight is 286 g/mol. The minimum Gasteiger partial charge on any atom is -0.492 e. The van der Waals surface area contributed by atoms with Crippen LogP contribution in [0.4, 0.5) is 0 Å². The summed E-state index contributed by atoms with van der Waals surface area (Å²) in [5, 5.41) is 8.86. The highest BCUT2D eigenvalue weighted by molar-refractivity contribution is 7.90. The van der Waals surface area contributed by atoms with Gasteiger partial charge in [0.1, 0.15) is 18.1 Å². The van der Waals surface area contributed by atoms with E-state index in [1.807, 2.05) is 0 Å². The molecule has 7 heteroatoms. The molecule has 0 spiro atoms. The third-order valence-electron chi connectivity index (χ3n) is 2.71. The van der Waals surface area contributed by atoms with E-state index >= 15 is 0 Å². The van der Waals surface area contributed by atoms with Crippen molar-refractivity contribution in [3.63, 3.8) is 0 Å². The molecule has 6 nitrogen and oxygen atoms in total. The van der Waals surface area contributed by atoms with Crippen LogP contribution in [0.25, 0.3) is 0 Å². The number of hydrogen-bond acceptors (Lipinski definition) is 5. The maximum absolute atomic E-state index is 11.0. The van der Waals surface area contributed by atoms with Crippen molar-refractivity contribution in [2.24, 2.45) is 0 Å². The normalized spacial score (nSPS) is 17.6. The third kappa shape index (κ3) is 3.60. The van der Waals surface area contributed by atoms with E-state index in [1.54, 1.807) is 18.2 Å². The fraction of sp³-hybridized carbons (Fsp3) is 0.417. The van der Waals surface area contributed by atoms with Crippen LogP contribution in [0.15, 0.2) is 18.2 Å². The molecule has 0 fully saturated rings. The molecule has 0 radical (unpaired) electrons. The molecular formula is C12H14O6S. The lowest BCUT2D eigenvalue weighted by molar-refractivity contribution is -0.144. The summed E-state index contributed by atoms with van der Waals surface area (Å²) < 4.78 is 32.5. The second-order valence-corrected chi connectivity index (χ2v) is 6.66. The van der Waals surface area contributed by atoms with E-state index in [4.69, 9.17) is 14.6 Å². The van der Waals surface area contributed by atoms with Gasteiger partial charge in [0.15, 0.2) is 15.9 Å². The predicted octanol–water partition coefficient (Wildman–Crippen LogP) is 0.498. The molecule has 0 aromatic heterocycles. The topological polar surface area (TPSA) is 89.9 Å². The van der Waals surface area contributed by atoms with Crippen LogP contribution in [0.2, 0.25) is 0 Å². The lowest BCUT2D eigenvalue weighted by Gasteiger charge is -2.07. The summed E-state index contributed by atoms with van der Waals surface area (Å²) in [6.07, 6.45) is 0.606. The first kappa shape index (κ1) is 13.7. The van der Waals surface area contributed by atoms with Crippen LogP contribution < -0.4 is 9.47 Å². The van der Waals surface area contributed by atoms with Crippen molar-refractivity contribution in [1.29, 1.82) is 0 Å². The Labute approximate surface area is 110 Å². The number of carboxylic acid groups (broad SMARTS) is 1. The number of hydrogen-bond donors (Lipinski definition) is 1. The van der Waals surface area contributed by atoms with E-state index in [2.05, 4.69) is 0 Å². The zero-order valence-electron chi connectivity index (χ0n) is 10.3. The van der Waals surface area contributed by atoms with Gasteiger partial charge < -0.3 is 14.6 Å². The van der Waals surface area contributed by atoms with Crippen molar-refractivity contribution >= 4 is 15.8 Å². The highest BCUT2D eigenvalue weighted by Gasteiger charge is 2.28. The Morgan fingerprint density at radius 3 is 2.89 bits per heavy atom. The van der Waals surface area contributed by atoms with Crippen molar-refractivity contribution in [1.82, 2.24) is 0 Å². The van der Waals surface area contributed by atoms with Gasteiger partial charge in [-0.1, -0.05) is 6.07 Å². The van der Waals surface area contributed by atoms with E-state index in [9.17, 15) is 13.2 Å². The highest BCUT2D eigenvalue weighted by Crippen LogP contribution is 2.32. The van der Waals surface area contributed by atoms with E-state index in [-0.39, 0.29) is 12.4 Å². The molecule has 0 saturated heterocycles. The molecular weight excluding hydrogens is 272 g/mol. The Bertz CT molecular complexity index is 592. The lowest BCUT2D eigenvalue weighted by atomic mass is 10.1. The number of carbonyl (C=O) groups is 1. The molecule has 1 atom stereocenters. The van der Waals surface area contributed by atoms with E-state index in [0.29, 0.717) is 17.9 Å². The van der Waals surface area contributed by atoms with E-state index < -0.39 is 21.9 Å². The van der Waals surface area contributed by atoms with Crippen LogP contribution in [-0.4, -0.2) is 44.2 Å². The number of sulfone groups is 1. The molecule has 1 aliphatic heterocycles. The van der Waals surface area contributed by atoms with Gasteiger partial charge in [-0.3, -0.25) is 0 Å². The SMILES string of the molecule is CS(=O)(=O)CCOc1ccc2c(c1)OC(C(=O)O)C2. The number of rotatable bonds is 5. The molecule has 104 valence electrons. The van der Waals surface area contributed by atoms with Crippen LogP contribution in [0.1, 0.15) is 5.56 Å². The lowest BCUT2D eigenvalue weighted by Crippen LogP contribution is -2.24. The molecule has 0 amide bonds. The van der Waals surface area contributed by atoms with Gasteiger partial charge in [-0.2, -0.15) is 0 Å². The summed E-state index contributed by atoms with van der Waals surface area (Å²) in [6, 6.07) is 4.99. The Morgan fingerprint density at radius 2 is 2.26 bits per heavy atom. The summed E-state index contributed by atoms with van der Waals surface area (Å²) >= 11 is 0. The maximum Gasteiger partial charge on any atom is 0.345 e. The van der Waals surface area contributed by atoms with Gasteiger partial charge in [0, 0.05) is 18.7 Å². The van der Waals surface area contributed by atoms with Gasteiger partial charge in [-0.25, -0.2) is 13.2 Å². The molecule has 19 heavy (non-hydrogen) atoms. The van der Waals surface area contributed by atoms with Crippen LogP contribution in [0.3, 0.4) is 0 Å². The summed E-state index contributed by atoms with van der Waals surface area (Å²) in [7, 11) is -3.06. The fourth-order valence-electron chi connectivity index (χ4n) is 1.75. The van der Waals surface area contributed by atoms with E-state index in [1.165, 1.54) is 0 Å². The average Bonchev–Trinajstić information content (AvgIpc) is 2.70. The first-order valence-electron chi connectivity index (χ1n) is 5.68. The van der Waals surface area contributed by atoms with Crippen molar-refractivity contribution in [2.75, 3.05) is 18.6 Å². The smallest absolute Gasteiger partial charge is 0.345 e. The summed E-state index contributed by atoms with van der Waals surface area (Å²) in [4.78, 5) is 10.8. The van der Waals surface area contributed by atoms with Crippen LogP contribution in [-0.2, 0) is 21.1 Å². The van der Waals surface area contributed by atoms with Gasteiger partial charge >= 0.3 is 5.97 Å².